The number of nitrogens with one attached hydrogen (secondary N) is 1. The minimum Gasteiger partial charge on any atom is -0.383 e. The zero-order valence-corrected chi connectivity index (χ0v) is 14.2. The third-order valence-electron chi connectivity index (χ3n) is 3.24. The number of carbonyl (C=O) groups is 1. The number of thioether (sulfide) groups is 1. The van der Waals surface area contributed by atoms with Crippen LogP contribution in [0.1, 0.15) is 19.4 Å². The molecular formula is C16H26N2O2S. The molecule has 0 fully saturated rings. The van der Waals surface area contributed by atoms with E-state index in [-0.39, 0.29) is 11.9 Å². The highest BCUT2D eigenvalue weighted by atomic mass is 32.2. The number of carbonyl (C=O) groups excluding carboxylic acids is 1. The molecule has 5 heteroatoms. The Morgan fingerprint density at radius 1 is 1.43 bits per heavy atom. The fourth-order valence-corrected chi connectivity index (χ4v) is 2.59. The van der Waals surface area contributed by atoms with E-state index in [0.29, 0.717) is 12.4 Å². The molecule has 0 aliphatic rings. The highest BCUT2D eigenvalue weighted by Crippen LogP contribution is 2.19. The summed E-state index contributed by atoms with van der Waals surface area (Å²) in [4.78, 5) is 14.9. The summed E-state index contributed by atoms with van der Waals surface area (Å²) in [5, 5.41) is 3.32. The molecule has 21 heavy (non-hydrogen) atoms. The number of hydrogen-bond donors (Lipinski definition) is 1. The molecule has 0 saturated heterocycles. The van der Waals surface area contributed by atoms with Gasteiger partial charge in [-0.05, 0) is 31.5 Å². The second-order valence-electron chi connectivity index (χ2n) is 5.20. The lowest BCUT2D eigenvalue weighted by Gasteiger charge is -2.21. The van der Waals surface area contributed by atoms with Crippen LogP contribution in [0.15, 0.2) is 29.2 Å². The Morgan fingerprint density at radius 3 is 2.86 bits per heavy atom. The Bertz CT molecular complexity index is 438. The van der Waals surface area contributed by atoms with Crippen molar-refractivity contribution in [3.05, 3.63) is 29.8 Å². The molecule has 0 aliphatic heterocycles. The average Bonchev–Trinajstić information content (AvgIpc) is 2.48. The molecule has 0 atom stereocenters. The van der Waals surface area contributed by atoms with Gasteiger partial charge in [0, 0.05) is 38.2 Å². The zero-order chi connectivity index (χ0) is 15.7. The van der Waals surface area contributed by atoms with Gasteiger partial charge < -0.3 is 15.0 Å². The van der Waals surface area contributed by atoms with Gasteiger partial charge in [-0.3, -0.25) is 4.79 Å². The maximum absolute atomic E-state index is 12.0. The maximum Gasteiger partial charge on any atom is 0.232 e. The van der Waals surface area contributed by atoms with Crippen molar-refractivity contribution in [2.75, 3.05) is 33.1 Å². The van der Waals surface area contributed by atoms with E-state index >= 15 is 0 Å². The van der Waals surface area contributed by atoms with Gasteiger partial charge in [0.15, 0.2) is 0 Å². The maximum atomic E-state index is 12.0. The van der Waals surface area contributed by atoms with E-state index in [4.69, 9.17) is 4.74 Å². The van der Waals surface area contributed by atoms with Crippen LogP contribution in [0.3, 0.4) is 0 Å². The van der Waals surface area contributed by atoms with Crippen LogP contribution >= 0.6 is 11.8 Å². The molecule has 0 unspecified atom stereocenters. The first-order chi connectivity index (χ1) is 10.0. The molecule has 1 amide bonds. The Hall–Kier alpha value is -1.04. The van der Waals surface area contributed by atoms with Crippen LogP contribution in [0.25, 0.3) is 0 Å². The van der Waals surface area contributed by atoms with Crippen molar-refractivity contribution in [2.45, 2.75) is 31.3 Å². The molecular weight excluding hydrogens is 284 g/mol. The topological polar surface area (TPSA) is 41.6 Å². The third kappa shape index (κ3) is 6.98. The van der Waals surface area contributed by atoms with Gasteiger partial charge in [0.1, 0.15) is 0 Å². The van der Waals surface area contributed by atoms with Crippen LogP contribution in [0.2, 0.25) is 0 Å². The molecule has 0 aliphatic carbocycles. The minimum atomic E-state index is 0.165. The standard InChI is InChI=1S/C16H26N2O2S/c1-13(2)18(3)16(19)12-21-15-7-5-6-14(10-15)11-17-8-9-20-4/h5-7,10,13,17H,8-9,11-12H2,1-4H3. The number of rotatable bonds is 9. The van der Waals surface area contributed by atoms with E-state index in [9.17, 15) is 4.79 Å². The Labute approximate surface area is 132 Å². The van der Waals surface area contributed by atoms with Crippen molar-refractivity contribution in [3.8, 4) is 0 Å². The van der Waals surface area contributed by atoms with E-state index in [1.807, 2.05) is 33.0 Å². The van der Waals surface area contributed by atoms with E-state index in [1.54, 1.807) is 23.8 Å². The molecule has 0 radical (unpaired) electrons. The lowest BCUT2D eigenvalue weighted by atomic mass is 10.2. The summed E-state index contributed by atoms with van der Waals surface area (Å²) in [6.07, 6.45) is 0. The van der Waals surface area contributed by atoms with Crippen LogP contribution < -0.4 is 5.32 Å². The molecule has 118 valence electrons. The van der Waals surface area contributed by atoms with E-state index < -0.39 is 0 Å². The molecule has 0 spiro atoms. The SMILES string of the molecule is COCCNCc1cccc(SCC(=O)N(C)C(C)C)c1. The fraction of sp³-hybridized carbons (Fsp3) is 0.562. The predicted molar refractivity (Wildman–Crippen MR) is 88.7 cm³/mol. The summed E-state index contributed by atoms with van der Waals surface area (Å²) in [6, 6.07) is 8.55. The van der Waals surface area contributed by atoms with Gasteiger partial charge in [0.05, 0.1) is 12.4 Å². The number of hydrogen-bond acceptors (Lipinski definition) is 4. The van der Waals surface area contributed by atoms with Gasteiger partial charge in [-0.1, -0.05) is 12.1 Å². The summed E-state index contributed by atoms with van der Waals surface area (Å²) >= 11 is 1.59. The van der Waals surface area contributed by atoms with Crippen LogP contribution in [0, 0.1) is 0 Å². The van der Waals surface area contributed by atoms with Crippen molar-refractivity contribution < 1.29 is 9.53 Å². The minimum absolute atomic E-state index is 0.165. The first-order valence-corrected chi connectivity index (χ1v) is 8.20. The van der Waals surface area contributed by atoms with Gasteiger partial charge in [-0.25, -0.2) is 0 Å². The van der Waals surface area contributed by atoms with Crippen LogP contribution in [-0.2, 0) is 16.1 Å². The van der Waals surface area contributed by atoms with Crippen molar-refractivity contribution in [3.63, 3.8) is 0 Å². The molecule has 1 N–H and O–H groups in total. The Morgan fingerprint density at radius 2 is 2.19 bits per heavy atom. The summed E-state index contributed by atoms with van der Waals surface area (Å²) < 4.78 is 5.00. The van der Waals surface area contributed by atoms with Gasteiger partial charge in [0.2, 0.25) is 5.91 Å². The van der Waals surface area contributed by atoms with Crippen molar-refractivity contribution >= 4 is 17.7 Å². The van der Waals surface area contributed by atoms with Crippen molar-refractivity contribution in [1.82, 2.24) is 10.2 Å². The van der Waals surface area contributed by atoms with Crippen molar-refractivity contribution in [2.24, 2.45) is 0 Å². The highest BCUT2D eigenvalue weighted by molar-refractivity contribution is 8.00. The summed E-state index contributed by atoms with van der Waals surface area (Å²) in [5.41, 5.74) is 1.22. The molecule has 0 saturated carbocycles. The molecule has 1 aromatic carbocycles. The summed E-state index contributed by atoms with van der Waals surface area (Å²) in [6.45, 7) is 6.41. The Balaban J connectivity index is 2.43. The molecule has 1 rings (SSSR count). The van der Waals surface area contributed by atoms with E-state index in [2.05, 4.69) is 17.4 Å². The van der Waals surface area contributed by atoms with Crippen LogP contribution in [0.5, 0.6) is 0 Å². The number of benzene rings is 1. The quantitative estimate of drug-likeness (QED) is 0.562. The zero-order valence-electron chi connectivity index (χ0n) is 13.4. The normalized spacial score (nSPS) is 10.9. The lowest BCUT2D eigenvalue weighted by molar-refractivity contribution is -0.128. The first-order valence-electron chi connectivity index (χ1n) is 7.21. The molecule has 4 nitrogen and oxygen atoms in total. The van der Waals surface area contributed by atoms with Gasteiger partial charge in [-0.2, -0.15) is 0 Å². The smallest absolute Gasteiger partial charge is 0.232 e. The monoisotopic (exact) mass is 310 g/mol. The number of ether oxygens (including phenoxy) is 1. The average molecular weight is 310 g/mol. The van der Waals surface area contributed by atoms with Gasteiger partial charge in [0.25, 0.3) is 0 Å². The van der Waals surface area contributed by atoms with E-state index in [1.165, 1.54) is 5.56 Å². The predicted octanol–water partition coefficient (Wildman–Crippen LogP) is 2.38. The molecule has 0 heterocycles. The Kier molecular flexibility index (Phi) is 8.42. The van der Waals surface area contributed by atoms with Crippen molar-refractivity contribution in [1.29, 1.82) is 0 Å². The number of amides is 1. The number of nitrogens with zero attached hydrogens (tertiary/aromatic N) is 1. The van der Waals surface area contributed by atoms with Crippen LogP contribution in [0.4, 0.5) is 0 Å². The summed E-state index contributed by atoms with van der Waals surface area (Å²) in [5.74, 6) is 0.647. The number of methoxy groups -OCH3 is 1. The lowest BCUT2D eigenvalue weighted by Crippen LogP contribution is -2.34. The van der Waals surface area contributed by atoms with Crippen LogP contribution in [-0.4, -0.2) is 49.9 Å². The molecule has 0 aromatic heterocycles. The van der Waals surface area contributed by atoms with Gasteiger partial charge in [-0.15, -0.1) is 11.8 Å². The largest absolute Gasteiger partial charge is 0.383 e. The summed E-state index contributed by atoms with van der Waals surface area (Å²) in [7, 11) is 3.55. The molecule has 1 aromatic rings. The van der Waals surface area contributed by atoms with Gasteiger partial charge >= 0.3 is 0 Å². The fourth-order valence-electron chi connectivity index (χ4n) is 1.69. The second-order valence-corrected chi connectivity index (χ2v) is 6.25. The van der Waals surface area contributed by atoms with E-state index in [0.717, 1.165) is 18.0 Å². The molecule has 0 bridgehead atoms. The second kappa shape index (κ2) is 9.82. The highest BCUT2D eigenvalue weighted by Gasteiger charge is 2.11. The first kappa shape index (κ1) is 18.0. The third-order valence-corrected chi connectivity index (χ3v) is 4.22.